The third kappa shape index (κ3) is 5.28. The van der Waals surface area contributed by atoms with Crippen LogP contribution in [0.4, 0.5) is 5.69 Å². The molecular weight excluding hydrogens is 464 g/mol. The molecule has 1 saturated heterocycles. The van der Waals surface area contributed by atoms with Crippen LogP contribution in [0.25, 0.3) is 6.08 Å². The summed E-state index contributed by atoms with van der Waals surface area (Å²) < 4.78 is 5.92. The van der Waals surface area contributed by atoms with E-state index in [0.717, 1.165) is 17.5 Å². The Labute approximate surface area is 207 Å². The van der Waals surface area contributed by atoms with E-state index in [4.69, 9.17) is 22.1 Å². The second-order valence-electron chi connectivity index (χ2n) is 7.81. The van der Waals surface area contributed by atoms with Crippen LogP contribution in [-0.4, -0.2) is 28.0 Å². The van der Waals surface area contributed by atoms with Crippen LogP contribution < -0.4 is 15.0 Å². The number of nitrogens with one attached hydrogen (secondary N) is 1. The monoisotopic (exact) mass is 486 g/mol. The SMILES string of the molecule is CCc1ccc(N2C(=O)/C(=C/c3ccccc3OCc3ccc(C(=O)O)cc3)C(=O)NC2=S)cc1. The average Bonchev–Trinajstić information content (AvgIpc) is 2.86. The first kappa shape index (κ1) is 23.8. The van der Waals surface area contributed by atoms with E-state index in [1.807, 2.05) is 19.1 Å². The van der Waals surface area contributed by atoms with E-state index in [1.54, 1.807) is 48.5 Å². The summed E-state index contributed by atoms with van der Waals surface area (Å²) in [6.07, 6.45) is 2.34. The fraction of sp³-hybridized carbons (Fsp3) is 0.111. The van der Waals surface area contributed by atoms with Gasteiger partial charge in [-0.3, -0.25) is 19.8 Å². The molecule has 0 saturated carbocycles. The van der Waals surface area contributed by atoms with Gasteiger partial charge in [0.05, 0.1) is 11.3 Å². The molecule has 0 radical (unpaired) electrons. The van der Waals surface area contributed by atoms with Crippen molar-refractivity contribution in [1.82, 2.24) is 5.32 Å². The first-order valence-electron chi connectivity index (χ1n) is 10.9. The number of benzene rings is 3. The van der Waals surface area contributed by atoms with Gasteiger partial charge in [-0.1, -0.05) is 49.4 Å². The van der Waals surface area contributed by atoms with Gasteiger partial charge in [-0.2, -0.15) is 0 Å². The maximum Gasteiger partial charge on any atom is 0.335 e. The molecule has 0 unspecified atom stereocenters. The fourth-order valence-electron chi connectivity index (χ4n) is 3.56. The number of carboxylic acid groups (broad SMARTS) is 1. The van der Waals surface area contributed by atoms with Crippen molar-refractivity contribution in [2.75, 3.05) is 4.90 Å². The highest BCUT2D eigenvalue weighted by molar-refractivity contribution is 7.80. The molecule has 35 heavy (non-hydrogen) atoms. The molecule has 3 aromatic carbocycles. The highest BCUT2D eigenvalue weighted by atomic mass is 32.1. The molecule has 0 atom stereocenters. The lowest BCUT2D eigenvalue weighted by atomic mass is 10.1. The van der Waals surface area contributed by atoms with E-state index in [1.165, 1.54) is 23.1 Å². The minimum absolute atomic E-state index is 0.0238. The third-order valence-electron chi connectivity index (χ3n) is 5.52. The standard InChI is InChI=1S/C27H22N2O5S/c1-2-17-9-13-21(14-10-17)29-25(31)22(24(30)28-27(29)35)15-20-5-3-4-6-23(20)34-16-18-7-11-19(12-8-18)26(32)33/h3-15H,2,16H2,1H3,(H,32,33)(H,28,30,35)/b22-15+. The zero-order chi connectivity index (χ0) is 24.9. The molecule has 1 aliphatic heterocycles. The molecule has 0 aromatic heterocycles. The number of nitrogens with zero attached hydrogens (tertiary/aromatic N) is 1. The molecule has 0 bridgehead atoms. The predicted molar refractivity (Wildman–Crippen MR) is 136 cm³/mol. The summed E-state index contributed by atoms with van der Waals surface area (Å²) in [5.41, 5.74) is 3.12. The second kappa shape index (κ2) is 10.3. The van der Waals surface area contributed by atoms with Crippen LogP contribution in [0.3, 0.4) is 0 Å². The summed E-state index contributed by atoms with van der Waals surface area (Å²) >= 11 is 5.27. The number of carbonyl (C=O) groups is 3. The Balaban J connectivity index is 1.59. The van der Waals surface area contributed by atoms with E-state index in [-0.39, 0.29) is 22.9 Å². The smallest absolute Gasteiger partial charge is 0.335 e. The lowest BCUT2D eigenvalue weighted by Gasteiger charge is -2.29. The summed E-state index contributed by atoms with van der Waals surface area (Å²) in [4.78, 5) is 38.3. The van der Waals surface area contributed by atoms with Gasteiger partial charge in [0.15, 0.2) is 5.11 Å². The van der Waals surface area contributed by atoms with E-state index in [2.05, 4.69) is 5.32 Å². The van der Waals surface area contributed by atoms with E-state index >= 15 is 0 Å². The normalized spacial score (nSPS) is 14.7. The van der Waals surface area contributed by atoms with Gasteiger partial charge >= 0.3 is 5.97 Å². The second-order valence-corrected chi connectivity index (χ2v) is 8.19. The molecule has 8 heteroatoms. The van der Waals surface area contributed by atoms with Crippen molar-refractivity contribution in [3.8, 4) is 5.75 Å². The molecular formula is C27H22N2O5S. The Morgan fingerprint density at radius 3 is 2.31 bits per heavy atom. The van der Waals surface area contributed by atoms with Gasteiger partial charge in [0.25, 0.3) is 11.8 Å². The summed E-state index contributed by atoms with van der Waals surface area (Å²) in [6.45, 7) is 2.22. The number of thiocarbonyl (C=S) groups is 1. The maximum atomic E-state index is 13.3. The molecule has 1 heterocycles. The highest BCUT2D eigenvalue weighted by Crippen LogP contribution is 2.26. The molecule has 4 rings (SSSR count). The minimum atomic E-state index is -1.00. The van der Waals surface area contributed by atoms with Gasteiger partial charge < -0.3 is 9.84 Å². The minimum Gasteiger partial charge on any atom is -0.488 e. The number of aryl methyl sites for hydroxylation is 1. The molecule has 7 nitrogen and oxygen atoms in total. The van der Waals surface area contributed by atoms with Crippen molar-refractivity contribution < 1.29 is 24.2 Å². The zero-order valence-corrected chi connectivity index (χ0v) is 19.7. The topological polar surface area (TPSA) is 95.9 Å². The van der Waals surface area contributed by atoms with Crippen molar-refractivity contribution in [2.24, 2.45) is 0 Å². The Hall–Kier alpha value is -4.30. The van der Waals surface area contributed by atoms with Gasteiger partial charge in [-0.05, 0) is 66.2 Å². The Morgan fingerprint density at radius 1 is 1.00 bits per heavy atom. The van der Waals surface area contributed by atoms with E-state index in [0.29, 0.717) is 17.0 Å². The predicted octanol–water partition coefficient (Wildman–Crippen LogP) is 4.36. The number of rotatable bonds is 7. The average molecular weight is 487 g/mol. The number of carbonyl (C=O) groups excluding carboxylic acids is 2. The van der Waals surface area contributed by atoms with Crippen molar-refractivity contribution in [2.45, 2.75) is 20.0 Å². The highest BCUT2D eigenvalue weighted by Gasteiger charge is 2.34. The van der Waals surface area contributed by atoms with Crippen LogP contribution in [0.2, 0.25) is 0 Å². The van der Waals surface area contributed by atoms with E-state index in [9.17, 15) is 14.4 Å². The van der Waals surface area contributed by atoms with Gasteiger partial charge in [0.2, 0.25) is 0 Å². The molecule has 1 aliphatic rings. The van der Waals surface area contributed by atoms with Crippen LogP contribution in [0, 0.1) is 0 Å². The molecule has 176 valence electrons. The van der Waals surface area contributed by atoms with Crippen LogP contribution in [-0.2, 0) is 22.6 Å². The number of hydrogen-bond donors (Lipinski definition) is 2. The largest absolute Gasteiger partial charge is 0.488 e. The number of ether oxygens (including phenoxy) is 1. The molecule has 0 spiro atoms. The molecule has 0 aliphatic carbocycles. The summed E-state index contributed by atoms with van der Waals surface area (Å²) in [5, 5.41) is 11.7. The quantitative estimate of drug-likeness (QED) is 0.293. The van der Waals surface area contributed by atoms with Gasteiger partial charge in [-0.15, -0.1) is 0 Å². The molecule has 2 amide bonds. The van der Waals surface area contributed by atoms with E-state index < -0.39 is 17.8 Å². The molecule has 3 aromatic rings. The number of amides is 2. The summed E-state index contributed by atoms with van der Waals surface area (Å²) in [5.74, 6) is -1.64. The lowest BCUT2D eigenvalue weighted by Crippen LogP contribution is -2.54. The third-order valence-corrected chi connectivity index (χ3v) is 5.80. The van der Waals surface area contributed by atoms with Crippen molar-refractivity contribution in [1.29, 1.82) is 0 Å². The number of anilines is 1. The van der Waals surface area contributed by atoms with Gasteiger partial charge in [-0.25, -0.2) is 4.79 Å². The lowest BCUT2D eigenvalue weighted by molar-refractivity contribution is -0.122. The first-order valence-corrected chi connectivity index (χ1v) is 11.3. The Bertz CT molecular complexity index is 1330. The number of aromatic carboxylic acids is 1. The summed E-state index contributed by atoms with van der Waals surface area (Å²) in [6, 6.07) is 20.8. The van der Waals surface area contributed by atoms with Gasteiger partial charge in [0, 0.05) is 5.56 Å². The summed E-state index contributed by atoms with van der Waals surface area (Å²) in [7, 11) is 0. The van der Waals surface area contributed by atoms with Gasteiger partial charge in [0.1, 0.15) is 17.9 Å². The number of para-hydroxylation sites is 1. The van der Waals surface area contributed by atoms with Crippen molar-refractivity contribution in [3.05, 3.63) is 101 Å². The van der Waals surface area contributed by atoms with Crippen molar-refractivity contribution in [3.63, 3.8) is 0 Å². The molecule has 2 N–H and O–H groups in total. The molecule has 1 fully saturated rings. The number of hydrogen-bond acceptors (Lipinski definition) is 5. The fourth-order valence-corrected chi connectivity index (χ4v) is 3.85. The van der Waals surface area contributed by atoms with Crippen LogP contribution >= 0.6 is 12.2 Å². The van der Waals surface area contributed by atoms with Crippen LogP contribution in [0.5, 0.6) is 5.75 Å². The van der Waals surface area contributed by atoms with Crippen molar-refractivity contribution >= 4 is 46.9 Å². The Kier molecular flexibility index (Phi) is 7.03. The zero-order valence-electron chi connectivity index (χ0n) is 18.9. The van der Waals surface area contributed by atoms with Crippen LogP contribution in [0.15, 0.2) is 78.4 Å². The first-order chi connectivity index (χ1) is 16.9. The van der Waals surface area contributed by atoms with Crippen LogP contribution in [0.1, 0.15) is 34.0 Å². The Morgan fingerprint density at radius 2 is 1.66 bits per heavy atom. The maximum absolute atomic E-state index is 13.3. The number of carboxylic acids is 1.